The van der Waals surface area contributed by atoms with Crippen LogP contribution in [0.2, 0.25) is 0 Å². The lowest BCUT2D eigenvalue weighted by Crippen LogP contribution is -1.96. The SMILES string of the molecule is C=C=CC(C)CCC(C)CC. The number of hydrogen-bond donors (Lipinski definition) is 0. The zero-order valence-corrected chi connectivity index (χ0v) is 8.06. The Balaban J connectivity index is 3.44. The summed E-state index contributed by atoms with van der Waals surface area (Å²) >= 11 is 0. The first-order chi connectivity index (χ1) is 5.20. The molecule has 0 fully saturated rings. The number of allylic oxidation sites excluding steroid dienone is 1. The Labute approximate surface area is 71.0 Å². The van der Waals surface area contributed by atoms with E-state index in [1.165, 1.54) is 19.3 Å². The van der Waals surface area contributed by atoms with Gasteiger partial charge in [-0.05, 0) is 24.3 Å². The van der Waals surface area contributed by atoms with Gasteiger partial charge in [-0.3, -0.25) is 0 Å². The molecule has 0 nitrogen and oxygen atoms in total. The van der Waals surface area contributed by atoms with E-state index in [2.05, 4.69) is 39.2 Å². The van der Waals surface area contributed by atoms with Crippen molar-refractivity contribution in [1.82, 2.24) is 0 Å². The summed E-state index contributed by atoms with van der Waals surface area (Å²) in [4.78, 5) is 0. The second-order valence-electron chi connectivity index (χ2n) is 3.44. The summed E-state index contributed by atoms with van der Waals surface area (Å²) in [6, 6.07) is 0. The van der Waals surface area contributed by atoms with E-state index in [4.69, 9.17) is 0 Å². The molecule has 2 atom stereocenters. The Morgan fingerprint density at radius 2 is 2.00 bits per heavy atom. The van der Waals surface area contributed by atoms with Gasteiger partial charge >= 0.3 is 0 Å². The zero-order valence-electron chi connectivity index (χ0n) is 8.06. The van der Waals surface area contributed by atoms with Crippen molar-refractivity contribution in [3.63, 3.8) is 0 Å². The molecule has 0 radical (unpaired) electrons. The highest BCUT2D eigenvalue weighted by molar-refractivity contribution is 4.81. The Bertz CT molecular complexity index is 129. The Hall–Kier alpha value is -0.480. The van der Waals surface area contributed by atoms with Crippen LogP contribution >= 0.6 is 0 Å². The van der Waals surface area contributed by atoms with Crippen molar-refractivity contribution in [2.75, 3.05) is 0 Å². The molecule has 0 bridgehead atoms. The molecule has 0 amide bonds. The normalized spacial score (nSPS) is 15.2. The lowest BCUT2D eigenvalue weighted by atomic mass is 9.96. The standard InChI is InChI=1S/C11H20/c1-5-7-11(4)9-8-10(3)6-2/h7,10-11H,1,6,8-9H2,2-4H3. The van der Waals surface area contributed by atoms with Crippen molar-refractivity contribution in [3.05, 3.63) is 18.4 Å². The molecule has 64 valence electrons. The van der Waals surface area contributed by atoms with E-state index in [0.29, 0.717) is 5.92 Å². The molecule has 0 saturated heterocycles. The fourth-order valence-electron chi connectivity index (χ4n) is 1.04. The second-order valence-corrected chi connectivity index (χ2v) is 3.44. The molecule has 0 aromatic rings. The minimum absolute atomic E-state index is 0.654. The second kappa shape index (κ2) is 6.24. The van der Waals surface area contributed by atoms with Crippen LogP contribution in [-0.4, -0.2) is 0 Å². The highest BCUT2D eigenvalue weighted by Crippen LogP contribution is 2.14. The minimum Gasteiger partial charge on any atom is -0.133 e. The summed E-state index contributed by atoms with van der Waals surface area (Å²) in [6.07, 6.45) is 5.96. The van der Waals surface area contributed by atoms with Crippen LogP contribution in [0.5, 0.6) is 0 Å². The Morgan fingerprint density at radius 1 is 1.36 bits per heavy atom. The summed E-state index contributed by atoms with van der Waals surface area (Å²) < 4.78 is 0. The summed E-state index contributed by atoms with van der Waals surface area (Å²) in [5, 5.41) is 0. The predicted octanol–water partition coefficient (Wildman–Crippen LogP) is 3.79. The molecule has 11 heavy (non-hydrogen) atoms. The van der Waals surface area contributed by atoms with Crippen molar-refractivity contribution in [1.29, 1.82) is 0 Å². The van der Waals surface area contributed by atoms with Gasteiger partial charge in [-0.25, -0.2) is 0 Å². The largest absolute Gasteiger partial charge is 0.133 e. The van der Waals surface area contributed by atoms with Crippen LogP contribution < -0.4 is 0 Å². The highest BCUT2D eigenvalue weighted by atomic mass is 14.1. The molecule has 0 heterocycles. The summed E-state index contributed by atoms with van der Waals surface area (Å²) in [6.45, 7) is 10.3. The predicted molar refractivity (Wildman–Crippen MR) is 51.6 cm³/mol. The molecule has 0 aliphatic heterocycles. The van der Waals surface area contributed by atoms with E-state index in [1.807, 2.05) is 0 Å². The summed E-state index contributed by atoms with van der Waals surface area (Å²) in [5.74, 6) is 1.53. The van der Waals surface area contributed by atoms with Gasteiger partial charge in [-0.1, -0.05) is 40.2 Å². The Kier molecular flexibility index (Phi) is 5.97. The average molecular weight is 152 g/mol. The third-order valence-electron chi connectivity index (χ3n) is 2.21. The third-order valence-corrected chi connectivity index (χ3v) is 2.21. The quantitative estimate of drug-likeness (QED) is 0.526. The van der Waals surface area contributed by atoms with Crippen LogP contribution in [0.3, 0.4) is 0 Å². The maximum atomic E-state index is 3.57. The maximum absolute atomic E-state index is 3.57. The molecule has 0 aromatic heterocycles. The first-order valence-corrected chi connectivity index (χ1v) is 4.56. The van der Waals surface area contributed by atoms with E-state index < -0.39 is 0 Å². The molecule has 0 aliphatic rings. The summed E-state index contributed by atoms with van der Waals surface area (Å²) in [5.41, 5.74) is 2.83. The molecule has 0 aromatic carbocycles. The van der Waals surface area contributed by atoms with Crippen LogP contribution in [0, 0.1) is 11.8 Å². The fourth-order valence-corrected chi connectivity index (χ4v) is 1.04. The molecule has 0 aliphatic carbocycles. The third kappa shape index (κ3) is 5.94. The van der Waals surface area contributed by atoms with Crippen LogP contribution in [0.15, 0.2) is 18.4 Å². The van der Waals surface area contributed by atoms with E-state index in [0.717, 1.165) is 5.92 Å². The van der Waals surface area contributed by atoms with Gasteiger partial charge in [0, 0.05) is 0 Å². The van der Waals surface area contributed by atoms with Crippen LogP contribution in [0.25, 0.3) is 0 Å². The highest BCUT2D eigenvalue weighted by Gasteiger charge is 2.01. The van der Waals surface area contributed by atoms with E-state index in [9.17, 15) is 0 Å². The number of hydrogen-bond acceptors (Lipinski definition) is 0. The van der Waals surface area contributed by atoms with Gasteiger partial charge in [0.2, 0.25) is 0 Å². The van der Waals surface area contributed by atoms with Gasteiger partial charge in [-0.15, -0.1) is 5.73 Å². The molecule has 0 spiro atoms. The summed E-state index contributed by atoms with van der Waals surface area (Å²) in [7, 11) is 0. The van der Waals surface area contributed by atoms with Crippen molar-refractivity contribution >= 4 is 0 Å². The van der Waals surface area contributed by atoms with Crippen molar-refractivity contribution in [2.45, 2.75) is 40.0 Å². The van der Waals surface area contributed by atoms with Crippen molar-refractivity contribution in [2.24, 2.45) is 11.8 Å². The van der Waals surface area contributed by atoms with Gasteiger partial charge < -0.3 is 0 Å². The lowest BCUT2D eigenvalue weighted by molar-refractivity contribution is 0.460. The van der Waals surface area contributed by atoms with Crippen LogP contribution in [0.4, 0.5) is 0 Å². The minimum atomic E-state index is 0.654. The van der Waals surface area contributed by atoms with Gasteiger partial charge in [0.15, 0.2) is 0 Å². The monoisotopic (exact) mass is 152 g/mol. The molecule has 0 saturated carbocycles. The van der Waals surface area contributed by atoms with Crippen LogP contribution in [0.1, 0.15) is 40.0 Å². The van der Waals surface area contributed by atoms with Crippen molar-refractivity contribution < 1.29 is 0 Å². The Morgan fingerprint density at radius 3 is 2.45 bits per heavy atom. The first kappa shape index (κ1) is 10.5. The van der Waals surface area contributed by atoms with E-state index in [1.54, 1.807) is 0 Å². The molecular formula is C11H20. The van der Waals surface area contributed by atoms with E-state index in [-0.39, 0.29) is 0 Å². The van der Waals surface area contributed by atoms with Gasteiger partial charge in [-0.2, -0.15) is 0 Å². The molecule has 0 heteroatoms. The van der Waals surface area contributed by atoms with Gasteiger partial charge in [0.05, 0.1) is 0 Å². The molecular weight excluding hydrogens is 132 g/mol. The van der Waals surface area contributed by atoms with E-state index >= 15 is 0 Å². The maximum Gasteiger partial charge on any atom is -0.0186 e. The first-order valence-electron chi connectivity index (χ1n) is 4.56. The smallest absolute Gasteiger partial charge is 0.0186 e. The van der Waals surface area contributed by atoms with Crippen LogP contribution in [-0.2, 0) is 0 Å². The van der Waals surface area contributed by atoms with Crippen molar-refractivity contribution in [3.8, 4) is 0 Å². The topological polar surface area (TPSA) is 0 Å². The van der Waals surface area contributed by atoms with Gasteiger partial charge in [0.1, 0.15) is 0 Å². The molecule has 0 N–H and O–H groups in total. The van der Waals surface area contributed by atoms with Gasteiger partial charge in [0.25, 0.3) is 0 Å². The number of rotatable bonds is 5. The lowest BCUT2D eigenvalue weighted by Gasteiger charge is -2.09. The molecule has 2 unspecified atom stereocenters. The zero-order chi connectivity index (χ0) is 8.69. The average Bonchev–Trinajstić information content (AvgIpc) is 2.01. The fraction of sp³-hybridized carbons (Fsp3) is 0.727. The molecule has 0 rings (SSSR count).